The van der Waals surface area contributed by atoms with Gasteiger partial charge in [-0.15, -0.1) is 0 Å². The SMILES string of the molecule is CNC(CC1CCCC1)c1cc(C)ccc1Br. The largest absolute Gasteiger partial charge is 0.313 e. The fourth-order valence-corrected chi connectivity index (χ4v) is 3.43. The minimum absolute atomic E-state index is 0.493. The second kappa shape index (κ2) is 6.01. The van der Waals surface area contributed by atoms with Crippen LogP contribution in [0, 0.1) is 12.8 Å². The molecule has 1 N–H and O–H groups in total. The molecule has 0 saturated heterocycles. The van der Waals surface area contributed by atoms with Crippen molar-refractivity contribution < 1.29 is 0 Å². The highest BCUT2D eigenvalue weighted by Gasteiger charge is 2.21. The van der Waals surface area contributed by atoms with Gasteiger partial charge in [-0.1, -0.05) is 59.3 Å². The van der Waals surface area contributed by atoms with Crippen LogP contribution >= 0.6 is 15.9 Å². The Kier molecular flexibility index (Phi) is 4.63. The van der Waals surface area contributed by atoms with Gasteiger partial charge in [0.25, 0.3) is 0 Å². The third-order valence-electron chi connectivity index (χ3n) is 3.92. The van der Waals surface area contributed by atoms with E-state index in [0.29, 0.717) is 6.04 Å². The Morgan fingerprint density at radius 3 is 2.71 bits per heavy atom. The molecule has 1 aliphatic rings. The van der Waals surface area contributed by atoms with Gasteiger partial charge in [-0.3, -0.25) is 0 Å². The van der Waals surface area contributed by atoms with Crippen molar-refractivity contribution in [2.45, 2.75) is 45.1 Å². The van der Waals surface area contributed by atoms with Crippen molar-refractivity contribution in [2.75, 3.05) is 7.05 Å². The van der Waals surface area contributed by atoms with E-state index in [1.807, 2.05) is 0 Å². The quantitative estimate of drug-likeness (QED) is 0.856. The van der Waals surface area contributed by atoms with Crippen molar-refractivity contribution in [3.63, 3.8) is 0 Å². The Labute approximate surface area is 113 Å². The summed E-state index contributed by atoms with van der Waals surface area (Å²) in [6, 6.07) is 7.13. The van der Waals surface area contributed by atoms with E-state index in [4.69, 9.17) is 0 Å². The van der Waals surface area contributed by atoms with Crippen molar-refractivity contribution in [2.24, 2.45) is 5.92 Å². The zero-order valence-electron chi connectivity index (χ0n) is 10.8. The van der Waals surface area contributed by atoms with Crippen LogP contribution in [0.1, 0.15) is 49.3 Å². The van der Waals surface area contributed by atoms with Gasteiger partial charge in [0.05, 0.1) is 0 Å². The van der Waals surface area contributed by atoms with Gasteiger partial charge in [0.2, 0.25) is 0 Å². The molecule has 0 bridgehead atoms. The van der Waals surface area contributed by atoms with Crippen LogP contribution in [-0.4, -0.2) is 7.05 Å². The Morgan fingerprint density at radius 1 is 1.35 bits per heavy atom. The highest BCUT2D eigenvalue weighted by Crippen LogP contribution is 2.35. The molecule has 1 aliphatic carbocycles. The maximum atomic E-state index is 3.68. The molecule has 0 aliphatic heterocycles. The summed E-state index contributed by atoms with van der Waals surface area (Å²) in [6.45, 7) is 2.16. The lowest BCUT2D eigenvalue weighted by Crippen LogP contribution is -2.19. The van der Waals surface area contributed by atoms with Gasteiger partial charge in [0.1, 0.15) is 0 Å². The molecule has 2 rings (SSSR count). The van der Waals surface area contributed by atoms with Gasteiger partial charge >= 0.3 is 0 Å². The lowest BCUT2D eigenvalue weighted by molar-refractivity contribution is 0.412. The lowest BCUT2D eigenvalue weighted by atomic mass is 9.93. The number of nitrogens with one attached hydrogen (secondary N) is 1. The number of benzene rings is 1. The Bertz CT molecular complexity index is 369. The summed E-state index contributed by atoms with van der Waals surface area (Å²) >= 11 is 3.68. The summed E-state index contributed by atoms with van der Waals surface area (Å²) in [6.07, 6.45) is 6.97. The summed E-state index contributed by atoms with van der Waals surface area (Å²) in [5, 5.41) is 3.48. The molecular formula is C15H22BrN. The van der Waals surface area contributed by atoms with Crippen LogP contribution in [0.2, 0.25) is 0 Å². The standard InChI is InChI=1S/C15H22BrN/c1-11-7-8-14(16)13(9-11)15(17-2)10-12-5-3-4-6-12/h7-9,12,15,17H,3-6,10H2,1-2H3. The highest BCUT2D eigenvalue weighted by molar-refractivity contribution is 9.10. The first-order valence-corrected chi connectivity index (χ1v) is 7.43. The van der Waals surface area contributed by atoms with E-state index in [1.165, 1.54) is 47.7 Å². The molecule has 0 amide bonds. The molecule has 1 fully saturated rings. The maximum absolute atomic E-state index is 3.68. The molecule has 2 heteroatoms. The van der Waals surface area contributed by atoms with Gasteiger partial charge in [-0.25, -0.2) is 0 Å². The molecule has 0 heterocycles. The molecule has 0 radical (unpaired) electrons. The van der Waals surface area contributed by atoms with Crippen molar-refractivity contribution >= 4 is 15.9 Å². The molecule has 1 aromatic carbocycles. The summed E-state index contributed by atoms with van der Waals surface area (Å²) in [5.74, 6) is 0.917. The third-order valence-corrected chi connectivity index (χ3v) is 4.64. The summed E-state index contributed by atoms with van der Waals surface area (Å²) < 4.78 is 1.24. The lowest BCUT2D eigenvalue weighted by Gasteiger charge is -2.22. The van der Waals surface area contributed by atoms with Crippen LogP contribution in [0.15, 0.2) is 22.7 Å². The predicted octanol–water partition coefficient (Wildman–Crippen LogP) is 4.60. The molecule has 1 saturated carbocycles. The number of halogens is 1. The van der Waals surface area contributed by atoms with Crippen molar-refractivity contribution in [3.05, 3.63) is 33.8 Å². The molecule has 1 aromatic rings. The first kappa shape index (κ1) is 13.1. The smallest absolute Gasteiger partial charge is 0.0331 e. The molecule has 0 spiro atoms. The first-order valence-electron chi connectivity index (χ1n) is 6.64. The predicted molar refractivity (Wildman–Crippen MR) is 77.3 cm³/mol. The highest BCUT2D eigenvalue weighted by atomic mass is 79.9. The van der Waals surface area contributed by atoms with E-state index in [-0.39, 0.29) is 0 Å². The van der Waals surface area contributed by atoms with Crippen LogP contribution < -0.4 is 5.32 Å². The zero-order chi connectivity index (χ0) is 12.3. The van der Waals surface area contributed by atoms with Crippen LogP contribution in [0.4, 0.5) is 0 Å². The fraction of sp³-hybridized carbons (Fsp3) is 0.600. The van der Waals surface area contributed by atoms with Crippen LogP contribution in [-0.2, 0) is 0 Å². The second-order valence-electron chi connectivity index (χ2n) is 5.25. The summed E-state index contributed by atoms with van der Waals surface area (Å²) in [5.41, 5.74) is 2.76. The van der Waals surface area contributed by atoms with Crippen molar-refractivity contribution in [1.29, 1.82) is 0 Å². The van der Waals surface area contributed by atoms with Gasteiger partial charge in [0.15, 0.2) is 0 Å². The Hall–Kier alpha value is -0.340. The van der Waals surface area contributed by atoms with Gasteiger partial charge in [-0.05, 0) is 37.9 Å². The van der Waals surface area contributed by atoms with E-state index in [2.05, 4.69) is 53.4 Å². The number of rotatable bonds is 4. The average molecular weight is 296 g/mol. The van der Waals surface area contributed by atoms with Gasteiger partial charge < -0.3 is 5.32 Å². The minimum Gasteiger partial charge on any atom is -0.313 e. The summed E-state index contributed by atoms with van der Waals surface area (Å²) in [4.78, 5) is 0. The van der Waals surface area contributed by atoms with E-state index >= 15 is 0 Å². The third kappa shape index (κ3) is 3.32. The molecular weight excluding hydrogens is 274 g/mol. The molecule has 0 aromatic heterocycles. The number of aryl methyl sites for hydroxylation is 1. The van der Waals surface area contributed by atoms with E-state index < -0.39 is 0 Å². The summed E-state index contributed by atoms with van der Waals surface area (Å²) in [7, 11) is 2.08. The topological polar surface area (TPSA) is 12.0 Å². The number of hydrogen-bond acceptors (Lipinski definition) is 1. The monoisotopic (exact) mass is 295 g/mol. The number of hydrogen-bond donors (Lipinski definition) is 1. The molecule has 1 nitrogen and oxygen atoms in total. The van der Waals surface area contributed by atoms with Gasteiger partial charge in [0, 0.05) is 10.5 Å². The van der Waals surface area contributed by atoms with Crippen LogP contribution in [0.25, 0.3) is 0 Å². The normalized spacial score (nSPS) is 18.5. The Morgan fingerprint density at radius 2 is 2.06 bits per heavy atom. The average Bonchev–Trinajstić information content (AvgIpc) is 2.82. The second-order valence-corrected chi connectivity index (χ2v) is 6.11. The first-order chi connectivity index (χ1) is 8.20. The van der Waals surface area contributed by atoms with Crippen LogP contribution in [0.3, 0.4) is 0 Å². The van der Waals surface area contributed by atoms with E-state index in [9.17, 15) is 0 Å². The fourth-order valence-electron chi connectivity index (χ4n) is 2.91. The zero-order valence-corrected chi connectivity index (χ0v) is 12.4. The van der Waals surface area contributed by atoms with E-state index in [1.54, 1.807) is 0 Å². The molecule has 17 heavy (non-hydrogen) atoms. The minimum atomic E-state index is 0.493. The van der Waals surface area contributed by atoms with Gasteiger partial charge in [-0.2, -0.15) is 0 Å². The van der Waals surface area contributed by atoms with Crippen LogP contribution in [0.5, 0.6) is 0 Å². The maximum Gasteiger partial charge on any atom is 0.0331 e. The van der Waals surface area contributed by atoms with E-state index in [0.717, 1.165) is 5.92 Å². The molecule has 94 valence electrons. The Balaban J connectivity index is 2.13. The van der Waals surface area contributed by atoms with Crippen molar-refractivity contribution in [1.82, 2.24) is 5.32 Å². The van der Waals surface area contributed by atoms with Crippen molar-refractivity contribution in [3.8, 4) is 0 Å². The molecule has 1 atom stereocenters. The molecule has 1 unspecified atom stereocenters.